The summed E-state index contributed by atoms with van der Waals surface area (Å²) < 4.78 is 1.43. The van der Waals surface area contributed by atoms with Gasteiger partial charge in [-0.15, -0.1) is 0 Å². The highest BCUT2D eigenvalue weighted by molar-refractivity contribution is 6.32. The molecule has 6 heteroatoms. The Kier molecular flexibility index (Phi) is 4.67. The summed E-state index contributed by atoms with van der Waals surface area (Å²) in [5.74, 6) is -1.28. The predicted molar refractivity (Wildman–Crippen MR) is 95.8 cm³/mol. The van der Waals surface area contributed by atoms with Gasteiger partial charge in [-0.2, -0.15) is 5.10 Å². The van der Waals surface area contributed by atoms with Crippen LogP contribution in [-0.4, -0.2) is 20.9 Å². The molecule has 0 atom stereocenters. The summed E-state index contributed by atoms with van der Waals surface area (Å²) in [6.45, 7) is 1.90. The minimum absolute atomic E-state index is 0.246. The number of hydrogen-bond donors (Lipinski definition) is 1. The molecule has 0 aliphatic rings. The summed E-state index contributed by atoms with van der Waals surface area (Å²) in [5.41, 5.74) is 1.73. The fourth-order valence-electron chi connectivity index (χ4n) is 2.67. The Bertz CT molecular complexity index is 997. The van der Waals surface area contributed by atoms with Crippen LogP contribution in [0.25, 0.3) is 5.69 Å². The molecule has 0 amide bonds. The van der Waals surface area contributed by atoms with Crippen molar-refractivity contribution in [3.05, 3.63) is 92.4 Å². The van der Waals surface area contributed by atoms with E-state index in [9.17, 15) is 14.7 Å². The minimum atomic E-state index is -1.28. The Labute approximate surface area is 149 Å². The van der Waals surface area contributed by atoms with Gasteiger partial charge >= 0.3 is 5.97 Å². The van der Waals surface area contributed by atoms with E-state index >= 15 is 0 Å². The fourth-order valence-corrected chi connectivity index (χ4v) is 2.98. The number of rotatable bonds is 4. The second-order valence-electron chi connectivity index (χ2n) is 5.66. The van der Waals surface area contributed by atoms with Crippen LogP contribution >= 0.6 is 11.6 Å². The van der Waals surface area contributed by atoms with Crippen LogP contribution < -0.4 is 5.43 Å². The molecule has 2 aromatic carbocycles. The highest BCUT2D eigenvalue weighted by Crippen LogP contribution is 2.24. The molecular formula is C19H15ClN2O3. The predicted octanol–water partition coefficient (Wildman–Crippen LogP) is 3.48. The van der Waals surface area contributed by atoms with Crippen molar-refractivity contribution in [1.82, 2.24) is 9.78 Å². The zero-order valence-corrected chi connectivity index (χ0v) is 14.2. The first-order valence-corrected chi connectivity index (χ1v) is 8.00. The largest absolute Gasteiger partial charge is 0.477 e. The summed E-state index contributed by atoms with van der Waals surface area (Å²) in [7, 11) is 0. The van der Waals surface area contributed by atoms with Crippen molar-refractivity contribution in [2.45, 2.75) is 13.3 Å². The lowest BCUT2D eigenvalue weighted by molar-refractivity contribution is 0.0693. The summed E-state index contributed by atoms with van der Waals surface area (Å²) in [6.07, 6.45) is 1.25. The van der Waals surface area contributed by atoms with E-state index in [0.717, 1.165) is 17.3 Å². The van der Waals surface area contributed by atoms with Gasteiger partial charge in [0.1, 0.15) is 5.56 Å². The van der Waals surface area contributed by atoms with Gasteiger partial charge in [0.15, 0.2) is 0 Å². The van der Waals surface area contributed by atoms with Crippen molar-refractivity contribution in [2.75, 3.05) is 0 Å². The summed E-state index contributed by atoms with van der Waals surface area (Å²) in [4.78, 5) is 23.8. The first kappa shape index (κ1) is 16.9. The van der Waals surface area contributed by atoms with Gasteiger partial charge in [0, 0.05) is 6.42 Å². The van der Waals surface area contributed by atoms with Crippen LogP contribution in [0.15, 0.2) is 59.5 Å². The van der Waals surface area contributed by atoms with E-state index in [-0.39, 0.29) is 17.7 Å². The third kappa shape index (κ3) is 3.46. The van der Waals surface area contributed by atoms with Crippen molar-refractivity contribution >= 4 is 17.6 Å². The molecule has 3 aromatic rings. The number of carboxylic acid groups (broad SMARTS) is 1. The van der Waals surface area contributed by atoms with Gasteiger partial charge in [-0.25, -0.2) is 9.48 Å². The van der Waals surface area contributed by atoms with Gasteiger partial charge in [0.05, 0.1) is 22.6 Å². The average molecular weight is 355 g/mol. The second kappa shape index (κ2) is 6.91. The molecule has 5 nitrogen and oxygen atoms in total. The van der Waals surface area contributed by atoms with E-state index in [4.69, 9.17) is 11.6 Å². The number of nitrogens with zero attached hydrogens (tertiary/aromatic N) is 2. The van der Waals surface area contributed by atoms with E-state index in [0.29, 0.717) is 10.7 Å². The van der Waals surface area contributed by atoms with Gasteiger partial charge in [-0.05, 0) is 30.2 Å². The number of hydrogen-bond acceptors (Lipinski definition) is 3. The molecule has 0 saturated carbocycles. The molecule has 0 spiro atoms. The Balaban J connectivity index is 2.26. The van der Waals surface area contributed by atoms with Gasteiger partial charge in [-0.1, -0.05) is 48.0 Å². The van der Waals surface area contributed by atoms with Crippen molar-refractivity contribution in [3.8, 4) is 5.69 Å². The van der Waals surface area contributed by atoms with Crippen molar-refractivity contribution < 1.29 is 9.90 Å². The van der Waals surface area contributed by atoms with Crippen LogP contribution in [-0.2, 0) is 6.42 Å². The molecule has 0 bridgehead atoms. The zero-order valence-electron chi connectivity index (χ0n) is 13.4. The van der Waals surface area contributed by atoms with E-state index in [2.05, 4.69) is 5.10 Å². The number of halogens is 1. The fraction of sp³-hybridized carbons (Fsp3) is 0.105. The molecule has 1 heterocycles. The average Bonchev–Trinajstić information content (AvgIpc) is 2.56. The topological polar surface area (TPSA) is 72.2 Å². The van der Waals surface area contributed by atoms with Crippen LogP contribution in [0.3, 0.4) is 0 Å². The number of carboxylic acids is 1. The number of aromatic carboxylic acids is 1. The molecule has 0 radical (unpaired) electrons. The van der Waals surface area contributed by atoms with Crippen molar-refractivity contribution in [1.29, 1.82) is 0 Å². The third-order valence-corrected chi connectivity index (χ3v) is 4.14. The Hall–Kier alpha value is -2.92. The van der Waals surface area contributed by atoms with Gasteiger partial charge < -0.3 is 5.11 Å². The summed E-state index contributed by atoms with van der Waals surface area (Å²) >= 11 is 6.32. The molecule has 1 aromatic heterocycles. The van der Waals surface area contributed by atoms with Crippen LogP contribution in [0.2, 0.25) is 5.02 Å². The maximum absolute atomic E-state index is 12.1. The third-order valence-electron chi connectivity index (χ3n) is 3.84. The highest BCUT2D eigenvalue weighted by atomic mass is 35.5. The minimum Gasteiger partial charge on any atom is -0.477 e. The Morgan fingerprint density at radius 1 is 1.20 bits per heavy atom. The number of carbonyl (C=O) groups is 1. The van der Waals surface area contributed by atoms with Crippen molar-refractivity contribution in [3.63, 3.8) is 0 Å². The molecule has 0 unspecified atom stereocenters. The Morgan fingerprint density at radius 2 is 1.92 bits per heavy atom. The Morgan fingerprint density at radius 3 is 2.56 bits per heavy atom. The number of aromatic nitrogens is 2. The van der Waals surface area contributed by atoms with E-state index in [1.165, 1.54) is 4.68 Å². The summed E-state index contributed by atoms with van der Waals surface area (Å²) in [5, 5.41) is 14.1. The van der Waals surface area contributed by atoms with E-state index < -0.39 is 11.4 Å². The monoisotopic (exact) mass is 354 g/mol. The van der Waals surface area contributed by atoms with Crippen LogP contribution in [0, 0.1) is 6.92 Å². The molecule has 126 valence electrons. The lowest BCUT2D eigenvalue weighted by Gasteiger charge is -2.16. The zero-order chi connectivity index (χ0) is 18.0. The molecular weight excluding hydrogens is 340 g/mol. The van der Waals surface area contributed by atoms with E-state index in [1.54, 1.807) is 12.1 Å². The highest BCUT2D eigenvalue weighted by Gasteiger charge is 2.21. The first-order chi connectivity index (χ1) is 12.0. The molecule has 0 aliphatic heterocycles. The van der Waals surface area contributed by atoms with Gasteiger partial charge in [0.2, 0.25) is 5.43 Å². The first-order valence-electron chi connectivity index (χ1n) is 7.62. The lowest BCUT2D eigenvalue weighted by Crippen LogP contribution is -2.24. The van der Waals surface area contributed by atoms with Gasteiger partial charge in [0.25, 0.3) is 0 Å². The smallest absolute Gasteiger partial charge is 0.341 e. The maximum atomic E-state index is 12.1. The van der Waals surface area contributed by atoms with Gasteiger partial charge in [-0.3, -0.25) is 4.79 Å². The standard InChI is InChI=1S/C19H15ClN2O3/c1-12-7-8-15(14(20)9-12)22-16(10-13-5-3-2-4-6-13)18(19(24)25)17(23)11-21-22/h2-9,11H,10H2,1H3,(H,24,25). The van der Waals surface area contributed by atoms with Crippen molar-refractivity contribution in [2.24, 2.45) is 0 Å². The van der Waals surface area contributed by atoms with Crippen LogP contribution in [0.4, 0.5) is 0 Å². The van der Waals surface area contributed by atoms with Crippen LogP contribution in [0.1, 0.15) is 27.2 Å². The lowest BCUT2D eigenvalue weighted by atomic mass is 10.0. The van der Waals surface area contributed by atoms with Crippen LogP contribution in [0.5, 0.6) is 0 Å². The summed E-state index contributed by atoms with van der Waals surface area (Å²) in [6, 6.07) is 14.7. The SMILES string of the molecule is Cc1ccc(-n2ncc(=O)c(C(=O)O)c2Cc2ccccc2)c(Cl)c1. The number of benzene rings is 2. The molecule has 0 fully saturated rings. The number of aryl methyl sites for hydroxylation is 1. The normalized spacial score (nSPS) is 10.6. The molecule has 1 N–H and O–H groups in total. The molecule has 3 rings (SSSR count). The maximum Gasteiger partial charge on any atom is 0.341 e. The molecule has 0 saturated heterocycles. The van der Waals surface area contributed by atoms with E-state index in [1.807, 2.05) is 43.3 Å². The molecule has 0 aliphatic carbocycles. The second-order valence-corrected chi connectivity index (χ2v) is 6.07. The molecule has 25 heavy (non-hydrogen) atoms. The quantitative estimate of drug-likeness (QED) is 0.778.